The van der Waals surface area contributed by atoms with Crippen molar-refractivity contribution in [2.45, 2.75) is 51.7 Å². The second kappa shape index (κ2) is 8.67. The molecule has 2 aliphatic rings. The highest BCUT2D eigenvalue weighted by Gasteiger charge is 2.41. The molecule has 2 unspecified atom stereocenters. The lowest BCUT2D eigenvalue weighted by molar-refractivity contribution is -0.131. The summed E-state index contributed by atoms with van der Waals surface area (Å²) in [7, 11) is 0. The van der Waals surface area contributed by atoms with Crippen molar-refractivity contribution in [2.75, 3.05) is 19.8 Å². The van der Waals surface area contributed by atoms with Gasteiger partial charge in [-0.25, -0.2) is 4.39 Å². The van der Waals surface area contributed by atoms with Crippen LogP contribution in [0.2, 0.25) is 0 Å². The van der Waals surface area contributed by atoms with Gasteiger partial charge in [-0.3, -0.25) is 4.79 Å². The minimum absolute atomic E-state index is 0.0798. The monoisotopic (exact) mass is 402 g/mol. The van der Waals surface area contributed by atoms with Gasteiger partial charge in [-0.05, 0) is 63.3 Å². The molecule has 0 saturated carbocycles. The number of rotatable bonds is 7. The van der Waals surface area contributed by atoms with E-state index < -0.39 is 5.41 Å². The van der Waals surface area contributed by atoms with Gasteiger partial charge in [-0.1, -0.05) is 18.2 Å². The predicted octanol–water partition coefficient (Wildman–Crippen LogP) is 3.74. The molecule has 3 N–H and O–H groups in total. The number of benzene rings is 1. The van der Waals surface area contributed by atoms with Gasteiger partial charge in [0.1, 0.15) is 12.4 Å². The molecule has 0 radical (unpaired) electrons. The number of hydrogen-bond acceptors (Lipinski definition) is 4. The first-order chi connectivity index (χ1) is 13.7. The Morgan fingerprint density at radius 2 is 2.03 bits per heavy atom. The van der Waals surface area contributed by atoms with Crippen molar-refractivity contribution in [3.63, 3.8) is 0 Å². The summed E-state index contributed by atoms with van der Waals surface area (Å²) < 4.78 is 23.8. The van der Waals surface area contributed by atoms with Gasteiger partial charge in [0.15, 0.2) is 0 Å². The Kier molecular flexibility index (Phi) is 6.44. The number of halogens is 1. The van der Waals surface area contributed by atoms with Crippen molar-refractivity contribution in [1.29, 1.82) is 0 Å². The SMILES string of the molecule is CC1(C)CC(NC(=O)C2(C)C=C(c3ccc(OC/C(=C/F)CN)cc3)C2)CCO1. The highest BCUT2D eigenvalue weighted by molar-refractivity contribution is 5.93. The average molecular weight is 403 g/mol. The number of carbonyl (C=O) groups is 1. The Bertz CT molecular complexity index is 801. The third-order valence-electron chi connectivity index (χ3n) is 5.67. The van der Waals surface area contributed by atoms with E-state index in [1.54, 1.807) is 0 Å². The van der Waals surface area contributed by atoms with E-state index in [1.165, 1.54) is 0 Å². The summed E-state index contributed by atoms with van der Waals surface area (Å²) in [6.45, 7) is 7.05. The molecule has 0 aromatic heterocycles. The molecule has 1 amide bonds. The lowest BCUT2D eigenvalue weighted by Crippen LogP contribution is -2.50. The molecule has 1 heterocycles. The molecule has 3 rings (SSSR count). The Labute approximate surface area is 172 Å². The zero-order valence-corrected chi connectivity index (χ0v) is 17.5. The van der Waals surface area contributed by atoms with Crippen LogP contribution in [-0.4, -0.2) is 37.3 Å². The maximum Gasteiger partial charge on any atom is 0.230 e. The Morgan fingerprint density at radius 1 is 1.34 bits per heavy atom. The number of allylic oxidation sites excluding steroid dienone is 1. The van der Waals surface area contributed by atoms with E-state index >= 15 is 0 Å². The van der Waals surface area contributed by atoms with Crippen molar-refractivity contribution in [1.82, 2.24) is 5.32 Å². The van der Waals surface area contributed by atoms with Crippen LogP contribution in [-0.2, 0) is 9.53 Å². The molecular weight excluding hydrogens is 371 g/mol. The average Bonchev–Trinajstić information content (AvgIpc) is 2.66. The standard InChI is InChI=1S/C23H31FN2O3/c1-22(2)12-19(8-9-29-22)26-21(27)23(3)10-18(11-23)17-4-6-20(7-5-17)28-15-16(13-24)14-25/h4-7,10,13,19H,8-9,11-12,14-15,25H2,1-3H3,(H,26,27)/b16-13+. The van der Waals surface area contributed by atoms with E-state index in [0.717, 1.165) is 24.0 Å². The zero-order chi connectivity index (χ0) is 21.1. The van der Waals surface area contributed by atoms with Crippen molar-refractivity contribution >= 4 is 11.5 Å². The molecule has 1 aliphatic carbocycles. The normalized spacial score (nSPS) is 26.3. The molecule has 0 spiro atoms. The van der Waals surface area contributed by atoms with E-state index in [1.807, 2.05) is 37.3 Å². The minimum atomic E-state index is -0.477. The Morgan fingerprint density at radius 3 is 2.62 bits per heavy atom. The van der Waals surface area contributed by atoms with Crippen LogP contribution in [0.15, 0.2) is 42.2 Å². The molecule has 6 heteroatoms. The highest BCUT2D eigenvalue weighted by Crippen LogP contribution is 2.44. The van der Waals surface area contributed by atoms with Gasteiger partial charge in [0.25, 0.3) is 0 Å². The van der Waals surface area contributed by atoms with Gasteiger partial charge in [-0.15, -0.1) is 0 Å². The van der Waals surface area contributed by atoms with Crippen molar-refractivity contribution in [3.8, 4) is 5.75 Å². The number of carbonyl (C=O) groups excluding carboxylic acids is 1. The number of nitrogens with one attached hydrogen (secondary N) is 1. The van der Waals surface area contributed by atoms with E-state index in [9.17, 15) is 9.18 Å². The largest absolute Gasteiger partial charge is 0.489 e. The summed E-state index contributed by atoms with van der Waals surface area (Å²) in [5.74, 6) is 0.736. The van der Waals surface area contributed by atoms with Crippen LogP contribution in [0.5, 0.6) is 5.75 Å². The lowest BCUT2D eigenvalue weighted by atomic mass is 9.69. The van der Waals surface area contributed by atoms with E-state index in [4.69, 9.17) is 15.2 Å². The van der Waals surface area contributed by atoms with Gasteiger partial charge < -0.3 is 20.5 Å². The molecule has 0 bridgehead atoms. The van der Waals surface area contributed by atoms with Crippen LogP contribution in [0, 0.1) is 5.41 Å². The van der Waals surface area contributed by atoms with Crippen LogP contribution >= 0.6 is 0 Å². The number of hydrogen-bond donors (Lipinski definition) is 2. The molecule has 1 aromatic rings. The summed E-state index contributed by atoms with van der Waals surface area (Å²) in [5.41, 5.74) is 7.38. The molecule has 1 fully saturated rings. The highest BCUT2D eigenvalue weighted by atomic mass is 19.1. The van der Waals surface area contributed by atoms with Gasteiger partial charge in [0.2, 0.25) is 5.91 Å². The molecule has 1 saturated heterocycles. The fourth-order valence-corrected chi connectivity index (χ4v) is 3.86. The molecule has 29 heavy (non-hydrogen) atoms. The second-order valence-corrected chi connectivity index (χ2v) is 8.82. The van der Waals surface area contributed by atoms with Crippen LogP contribution in [0.3, 0.4) is 0 Å². The molecule has 158 valence electrons. The number of ether oxygens (including phenoxy) is 2. The molecular formula is C23H31FN2O3. The maximum absolute atomic E-state index is 12.8. The minimum Gasteiger partial charge on any atom is -0.489 e. The van der Waals surface area contributed by atoms with Crippen molar-refractivity contribution < 1.29 is 18.7 Å². The zero-order valence-electron chi connectivity index (χ0n) is 17.5. The van der Waals surface area contributed by atoms with Crippen LogP contribution < -0.4 is 15.8 Å². The molecule has 1 aliphatic heterocycles. The summed E-state index contributed by atoms with van der Waals surface area (Å²) >= 11 is 0. The van der Waals surface area contributed by atoms with Gasteiger partial charge in [0.05, 0.1) is 17.3 Å². The third-order valence-corrected chi connectivity index (χ3v) is 5.67. The van der Waals surface area contributed by atoms with Gasteiger partial charge in [0, 0.05) is 24.8 Å². The topological polar surface area (TPSA) is 73.6 Å². The fourth-order valence-electron chi connectivity index (χ4n) is 3.86. The first-order valence-electron chi connectivity index (χ1n) is 10.1. The Hall–Kier alpha value is -2.18. The number of amides is 1. The van der Waals surface area contributed by atoms with Crippen LogP contribution in [0.25, 0.3) is 5.57 Å². The molecule has 1 aromatic carbocycles. The first kappa shape index (κ1) is 21.5. The van der Waals surface area contributed by atoms with E-state index in [2.05, 4.69) is 19.2 Å². The van der Waals surface area contributed by atoms with Crippen molar-refractivity contribution in [2.24, 2.45) is 11.1 Å². The summed E-state index contributed by atoms with van der Waals surface area (Å²) in [6.07, 6.45) is 4.92. The third kappa shape index (κ3) is 5.25. The maximum atomic E-state index is 12.8. The second-order valence-electron chi connectivity index (χ2n) is 8.82. The quantitative estimate of drug-likeness (QED) is 0.729. The van der Waals surface area contributed by atoms with Crippen LogP contribution in [0.4, 0.5) is 4.39 Å². The van der Waals surface area contributed by atoms with Crippen LogP contribution in [0.1, 0.15) is 45.6 Å². The summed E-state index contributed by atoms with van der Waals surface area (Å²) in [4.78, 5) is 12.8. The summed E-state index contributed by atoms with van der Waals surface area (Å²) in [5, 5.41) is 3.21. The smallest absolute Gasteiger partial charge is 0.230 e. The fraction of sp³-hybridized carbons (Fsp3) is 0.522. The first-order valence-corrected chi connectivity index (χ1v) is 10.1. The van der Waals surface area contributed by atoms with Gasteiger partial charge >= 0.3 is 0 Å². The van der Waals surface area contributed by atoms with E-state index in [-0.39, 0.29) is 30.7 Å². The lowest BCUT2D eigenvalue weighted by Gasteiger charge is -2.40. The molecule has 5 nitrogen and oxygen atoms in total. The molecule has 2 atom stereocenters. The number of nitrogens with two attached hydrogens (primary N) is 1. The van der Waals surface area contributed by atoms with Crippen molar-refractivity contribution in [3.05, 3.63) is 47.8 Å². The summed E-state index contributed by atoms with van der Waals surface area (Å²) in [6, 6.07) is 7.78. The van der Waals surface area contributed by atoms with E-state index in [0.29, 0.717) is 30.7 Å². The predicted molar refractivity (Wildman–Crippen MR) is 112 cm³/mol. The van der Waals surface area contributed by atoms with Gasteiger partial charge in [-0.2, -0.15) is 0 Å². The Balaban J connectivity index is 1.56.